The number of carbonyl (C=O) groups is 1. The second-order valence-corrected chi connectivity index (χ2v) is 7.85. The van der Waals surface area contributed by atoms with Crippen LogP contribution in [0.25, 0.3) is 10.2 Å². The van der Waals surface area contributed by atoms with Crippen LogP contribution < -0.4 is 10.5 Å². The minimum absolute atomic E-state index is 0.183. The van der Waals surface area contributed by atoms with Gasteiger partial charge in [-0.3, -0.25) is 24.0 Å². The van der Waals surface area contributed by atoms with E-state index < -0.39 is 0 Å². The van der Waals surface area contributed by atoms with E-state index in [-0.39, 0.29) is 30.4 Å². The molecular weight excluding hydrogens is 405 g/mol. The van der Waals surface area contributed by atoms with Crippen LogP contribution in [0.3, 0.4) is 0 Å². The first-order valence-corrected chi connectivity index (χ1v) is 10.0. The molecule has 0 saturated heterocycles. The molecule has 0 fully saturated rings. The van der Waals surface area contributed by atoms with Crippen LogP contribution in [0.1, 0.15) is 16.8 Å². The van der Waals surface area contributed by atoms with Crippen LogP contribution in [0.5, 0.6) is 0 Å². The van der Waals surface area contributed by atoms with E-state index in [9.17, 15) is 14.0 Å². The number of aryl methyl sites for hydroxylation is 1. The molecule has 30 heavy (non-hydrogen) atoms. The first-order chi connectivity index (χ1) is 14.4. The lowest BCUT2D eigenvalue weighted by atomic mass is 10.2. The topological polar surface area (TPSA) is 81.0 Å². The lowest BCUT2D eigenvalue weighted by Crippen LogP contribution is -2.37. The first kappa shape index (κ1) is 19.8. The number of hydrogen-bond donors (Lipinski definition) is 0. The van der Waals surface area contributed by atoms with Gasteiger partial charge in [-0.1, -0.05) is 17.4 Å². The third kappa shape index (κ3) is 3.97. The molecule has 0 aliphatic heterocycles. The molecule has 0 aliphatic rings. The molecule has 7 nitrogen and oxygen atoms in total. The van der Waals surface area contributed by atoms with Gasteiger partial charge < -0.3 is 0 Å². The summed E-state index contributed by atoms with van der Waals surface area (Å²) in [5.41, 5.74) is 2.28. The van der Waals surface area contributed by atoms with Gasteiger partial charge in [0.25, 0.3) is 5.56 Å². The third-order valence-corrected chi connectivity index (χ3v) is 5.80. The molecule has 0 aliphatic carbocycles. The Morgan fingerprint density at radius 3 is 2.87 bits per heavy atom. The third-order valence-electron chi connectivity index (χ3n) is 4.76. The molecule has 3 aromatic heterocycles. The molecule has 0 bridgehead atoms. The van der Waals surface area contributed by atoms with Crippen LogP contribution >= 0.6 is 11.3 Å². The molecule has 152 valence electrons. The number of amides is 1. The molecule has 0 radical (unpaired) electrons. The number of halogens is 1. The standard InChI is InChI=1S/C21H18FN5O2S/c1-13-14(2)24-12-26(20(13)29)11-19(28)27(10-15-4-3-7-23-9-15)21-25-17-6-5-16(22)8-18(17)30-21/h3-9,12H,10-11H2,1-2H3. The zero-order valence-electron chi connectivity index (χ0n) is 16.4. The predicted molar refractivity (Wildman–Crippen MR) is 113 cm³/mol. The van der Waals surface area contributed by atoms with Crippen molar-refractivity contribution < 1.29 is 9.18 Å². The molecule has 1 aromatic carbocycles. The number of benzene rings is 1. The molecule has 0 unspecified atom stereocenters. The fourth-order valence-corrected chi connectivity index (χ4v) is 3.96. The molecule has 0 atom stereocenters. The van der Waals surface area contributed by atoms with E-state index in [1.807, 2.05) is 6.07 Å². The first-order valence-electron chi connectivity index (χ1n) is 9.20. The van der Waals surface area contributed by atoms with Gasteiger partial charge in [0.05, 0.1) is 23.1 Å². The number of anilines is 1. The number of pyridine rings is 1. The Bertz CT molecular complexity index is 1290. The van der Waals surface area contributed by atoms with Gasteiger partial charge in [0, 0.05) is 23.7 Å². The number of fused-ring (bicyclic) bond motifs is 1. The minimum atomic E-state index is -0.365. The van der Waals surface area contributed by atoms with Gasteiger partial charge in [-0.25, -0.2) is 14.4 Å². The summed E-state index contributed by atoms with van der Waals surface area (Å²) in [5, 5.41) is 0.425. The Morgan fingerprint density at radius 1 is 1.27 bits per heavy atom. The summed E-state index contributed by atoms with van der Waals surface area (Å²) < 4.78 is 15.5. The number of aromatic nitrogens is 4. The highest BCUT2D eigenvalue weighted by Gasteiger charge is 2.22. The van der Waals surface area contributed by atoms with Gasteiger partial charge in [-0.15, -0.1) is 0 Å². The van der Waals surface area contributed by atoms with Crippen molar-refractivity contribution in [2.45, 2.75) is 26.9 Å². The Labute approximate surface area is 175 Å². The monoisotopic (exact) mass is 423 g/mol. The minimum Gasteiger partial charge on any atom is -0.289 e. The van der Waals surface area contributed by atoms with Crippen molar-refractivity contribution in [1.82, 2.24) is 19.5 Å². The van der Waals surface area contributed by atoms with E-state index in [4.69, 9.17) is 0 Å². The van der Waals surface area contributed by atoms with Crippen molar-refractivity contribution in [1.29, 1.82) is 0 Å². The Morgan fingerprint density at radius 2 is 2.10 bits per heavy atom. The van der Waals surface area contributed by atoms with E-state index in [1.54, 1.807) is 38.4 Å². The molecular formula is C21H18FN5O2S. The molecule has 3 heterocycles. The van der Waals surface area contributed by atoms with Crippen LogP contribution in [0.2, 0.25) is 0 Å². The van der Waals surface area contributed by atoms with Crippen molar-refractivity contribution in [2.24, 2.45) is 0 Å². The van der Waals surface area contributed by atoms with E-state index in [1.165, 1.54) is 39.3 Å². The van der Waals surface area contributed by atoms with Crippen LogP contribution in [0.15, 0.2) is 53.8 Å². The van der Waals surface area contributed by atoms with E-state index >= 15 is 0 Å². The largest absolute Gasteiger partial charge is 0.289 e. The smallest absolute Gasteiger partial charge is 0.256 e. The summed E-state index contributed by atoms with van der Waals surface area (Å²) in [6.07, 6.45) is 4.69. The summed E-state index contributed by atoms with van der Waals surface area (Å²) in [6, 6.07) is 7.93. The van der Waals surface area contributed by atoms with Gasteiger partial charge in [-0.2, -0.15) is 0 Å². The second-order valence-electron chi connectivity index (χ2n) is 6.84. The molecule has 0 saturated carbocycles. The maximum absolute atomic E-state index is 13.6. The molecule has 0 N–H and O–H groups in total. The highest BCUT2D eigenvalue weighted by atomic mass is 32.1. The Hall–Kier alpha value is -3.46. The van der Waals surface area contributed by atoms with Crippen LogP contribution in [-0.2, 0) is 17.9 Å². The molecule has 4 aromatic rings. The van der Waals surface area contributed by atoms with Crippen molar-refractivity contribution >= 4 is 32.6 Å². The Kier molecular flexibility index (Phi) is 5.37. The van der Waals surface area contributed by atoms with Gasteiger partial charge in [0.2, 0.25) is 5.91 Å². The average molecular weight is 423 g/mol. The van der Waals surface area contributed by atoms with Crippen molar-refractivity contribution in [3.05, 3.63) is 82.0 Å². The fraction of sp³-hybridized carbons (Fsp3) is 0.190. The maximum Gasteiger partial charge on any atom is 0.256 e. The normalized spacial score (nSPS) is 11.0. The molecule has 0 spiro atoms. The highest BCUT2D eigenvalue weighted by Crippen LogP contribution is 2.30. The zero-order chi connectivity index (χ0) is 21.3. The lowest BCUT2D eigenvalue weighted by molar-refractivity contribution is -0.119. The average Bonchev–Trinajstić information content (AvgIpc) is 3.16. The quantitative estimate of drug-likeness (QED) is 0.492. The number of nitrogens with zero attached hydrogens (tertiary/aromatic N) is 5. The lowest BCUT2D eigenvalue weighted by Gasteiger charge is -2.20. The van der Waals surface area contributed by atoms with Crippen LogP contribution in [-0.4, -0.2) is 25.4 Å². The molecule has 9 heteroatoms. The van der Waals surface area contributed by atoms with E-state index in [2.05, 4.69) is 15.0 Å². The second kappa shape index (κ2) is 8.11. The van der Waals surface area contributed by atoms with Crippen LogP contribution in [0, 0.1) is 19.7 Å². The summed E-state index contributed by atoms with van der Waals surface area (Å²) >= 11 is 1.22. The van der Waals surface area contributed by atoms with Gasteiger partial charge in [-0.05, 0) is 43.7 Å². The zero-order valence-corrected chi connectivity index (χ0v) is 17.2. The van der Waals surface area contributed by atoms with Crippen molar-refractivity contribution in [2.75, 3.05) is 4.90 Å². The predicted octanol–water partition coefficient (Wildman–Crippen LogP) is 3.24. The number of rotatable bonds is 5. The number of thiazole rings is 1. The van der Waals surface area contributed by atoms with Gasteiger partial charge >= 0.3 is 0 Å². The molecule has 1 amide bonds. The fourth-order valence-electron chi connectivity index (χ4n) is 2.96. The summed E-state index contributed by atoms with van der Waals surface area (Å²) in [6.45, 7) is 3.47. The summed E-state index contributed by atoms with van der Waals surface area (Å²) in [7, 11) is 0. The summed E-state index contributed by atoms with van der Waals surface area (Å²) in [5.74, 6) is -0.693. The summed E-state index contributed by atoms with van der Waals surface area (Å²) in [4.78, 5) is 40.0. The van der Waals surface area contributed by atoms with Gasteiger partial charge in [0.1, 0.15) is 12.4 Å². The maximum atomic E-state index is 13.6. The molecule has 4 rings (SSSR count). The van der Waals surface area contributed by atoms with Crippen molar-refractivity contribution in [3.8, 4) is 0 Å². The van der Waals surface area contributed by atoms with Crippen LogP contribution in [0.4, 0.5) is 9.52 Å². The highest BCUT2D eigenvalue weighted by molar-refractivity contribution is 7.22. The van der Waals surface area contributed by atoms with E-state index in [0.29, 0.717) is 26.6 Å². The Balaban J connectivity index is 1.71. The number of hydrogen-bond acceptors (Lipinski definition) is 6. The van der Waals surface area contributed by atoms with Gasteiger partial charge in [0.15, 0.2) is 5.13 Å². The SMILES string of the molecule is Cc1ncn(CC(=O)N(Cc2cccnc2)c2nc3ccc(F)cc3s2)c(=O)c1C. The number of carbonyl (C=O) groups excluding carboxylic acids is 1. The van der Waals surface area contributed by atoms with E-state index in [0.717, 1.165) is 5.56 Å². The van der Waals surface area contributed by atoms with Crippen molar-refractivity contribution in [3.63, 3.8) is 0 Å².